The Morgan fingerprint density at radius 3 is 2.56 bits per heavy atom. The average Bonchev–Trinajstić information content (AvgIpc) is 2.59. The monoisotopic (exact) mass is 382 g/mol. The molecule has 1 saturated heterocycles. The van der Waals surface area contributed by atoms with Crippen LogP contribution < -0.4 is 15.1 Å². The van der Waals surface area contributed by atoms with E-state index in [0.717, 1.165) is 36.9 Å². The zero-order valence-corrected chi connectivity index (χ0v) is 15.1. The Bertz CT molecular complexity index is 764. The van der Waals surface area contributed by atoms with Gasteiger partial charge in [-0.2, -0.15) is 0 Å². The highest BCUT2D eigenvalue weighted by Gasteiger charge is 2.23. The molecule has 1 amide bonds. The van der Waals surface area contributed by atoms with Crippen LogP contribution in [0.3, 0.4) is 0 Å². The number of piperazine rings is 1. The summed E-state index contributed by atoms with van der Waals surface area (Å²) in [5, 5.41) is 3.70. The number of nitrogens with zero attached hydrogens (tertiary/aromatic N) is 1. The molecular weight excluding hydrogens is 364 g/mol. The highest BCUT2D eigenvalue weighted by atomic mass is 35.5. The molecule has 3 rings (SSSR count). The minimum atomic E-state index is -0.487. The molecule has 0 spiro atoms. The number of nitrogens with one attached hydrogen (secondary N) is 2. The van der Waals surface area contributed by atoms with Gasteiger partial charge < -0.3 is 15.1 Å². The van der Waals surface area contributed by atoms with Crippen molar-refractivity contribution in [3.05, 3.63) is 58.3 Å². The summed E-state index contributed by atoms with van der Waals surface area (Å²) in [7, 11) is 0. The van der Waals surface area contributed by atoms with E-state index in [9.17, 15) is 9.18 Å². The molecule has 2 aromatic carbocycles. The smallest absolute Gasteiger partial charge is 0.279 e. The van der Waals surface area contributed by atoms with E-state index in [1.807, 2.05) is 24.3 Å². The van der Waals surface area contributed by atoms with Gasteiger partial charge in [0.1, 0.15) is 5.82 Å². The lowest BCUT2D eigenvalue weighted by atomic mass is 10.2. The van der Waals surface area contributed by atoms with Crippen LogP contribution in [0.4, 0.5) is 15.8 Å². The van der Waals surface area contributed by atoms with Crippen LogP contribution in [-0.2, 0) is 4.79 Å². The van der Waals surface area contributed by atoms with E-state index in [2.05, 4.69) is 10.2 Å². The van der Waals surface area contributed by atoms with Crippen molar-refractivity contribution in [2.75, 3.05) is 42.9 Å². The summed E-state index contributed by atoms with van der Waals surface area (Å²) in [6, 6.07) is 11.9. The number of anilines is 2. The molecule has 0 aliphatic carbocycles. The number of amides is 1. The summed E-state index contributed by atoms with van der Waals surface area (Å²) in [4.78, 5) is 15.6. The maximum absolute atomic E-state index is 13.7. The molecule has 132 valence electrons. The Hall–Kier alpha value is -1.82. The van der Waals surface area contributed by atoms with Crippen molar-refractivity contribution >= 4 is 40.5 Å². The van der Waals surface area contributed by atoms with Crippen LogP contribution in [0.2, 0.25) is 10.0 Å². The van der Waals surface area contributed by atoms with Crippen LogP contribution in [0.1, 0.15) is 0 Å². The Kier molecular flexibility index (Phi) is 5.78. The van der Waals surface area contributed by atoms with Crippen molar-refractivity contribution in [2.24, 2.45) is 0 Å². The molecule has 2 N–H and O–H groups in total. The van der Waals surface area contributed by atoms with Crippen LogP contribution in [0.15, 0.2) is 42.5 Å². The van der Waals surface area contributed by atoms with E-state index in [1.54, 1.807) is 0 Å². The molecule has 2 aromatic rings. The van der Waals surface area contributed by atoms with E-state index in [0.29, 0.717) is 11.6 Å². The molecule has 0 atom stereocenters. The quantitative estimate of drug-likeness (QED) is 0.851. The normalized spacial score (nSPS) is 15.2. The van der Waals surface area contributed by atoms with E-state index in [-0.39, 0.29) is 11.6 Å². The number of carbonyl (C=O) groups excluding carboxylic acids is 1. The van der Waals surface area contributed by atoms with Crippen molar-refractivity contribution in [2.45, 2.75) is 0 Å². The summed E-state index contributed by atoms with van der Waals surface area (Å²) in [5.74, 6) is -0.703. The van der Waals surface area contributed by atoms with E-state index in [4.69, 9.17) is 23.2 Å². The van der Waals surface area contributed by atoms with Gasteiger partial charge in [-0.05, 0) is 36.4 Å². The van der Waals surface area contributed by atoms with Gasteiger partial charge in [0.15, 0.2) is 6.54 Å². The predicted octanol–water partition coefficient (Wildman–Crippen LogP) is 2.48. The third-order valence-electron chi connectivity index (χ3n) is 4.26. The number of halogens is 3. The van der Waals surface area contributed by atoms with E-state index < -0.39 is 5.82 Å². The fraction of sp³-hybridized carbons (Fsp3) is 0.278. The van der Waals surface area contributed by atoms with E-state index >= 15 is 0 Å². The largest absolute Gasteiger partial charge is 0.360 e. The number of hydrogen-bond acceptors (Lipinski definition) is 2. The summed E-state index contributed by atoms with van der Waals surface area (Å²) in [6.45, 7) is 3.65. The highest BCUT2D eigenvalue weighted by Crippen LogP contribution is 2.20. The molecule has 1 aliphatic rings. The zero-order valence-electron chi connectivity index (χ0n) is 13.6. The highest BCUT2D eigenvalue weighted by molar-refractivity contribution is 6.31. The van der Waals surface area contributed by atoms with Gasteiger partial charge >= 0.3 is 0 Å². The SMILES string of the molecule is O=C(C[NH+]1CCN(c2cccc(Cl)c2)CC1)Nc1cc(Cl)ccc1F. The molecule has 7 heteroatoms. The molecule has 4 nitrogen and oxygen atoms in total. The Morgan fingerprint density at radius 2 is 1.84 bits per heavy atom. The summed E-state index contributed by atoms with van der Waals surface area (Å²) in [6.07, 6.45) is 0. The molecule has 0 aromatic heterocycles. The second kappa shape index (κ2) is 8.04. The second-order valence-corrected chi connectivity index (χ2v) is 6.94. The molecule has 0 unspecified atom stereocenters. The average molecular weight is 383 g/mol. The molecule has 1 aliphatic heterocycles. The van der Waals surface area contributed by atoms with Gasteiger partial charge in [-0.3, -0.25) is 4.79 Å². The number of hydrogen-bond donors (Lipinski definition) is 2. The lowest BCUT2D eigenvalue weighted by molar-refractivity contribution is -0.892. The molecular formula is C18H19Cl2FN3O+. The van der Waals surface area contributed by atoms with Crippen LogP contribution in [-0.4, -0.2) is 38.6 Å². The molecule has 0 bridgehead atoms. The third kappa shape index (κ3) is 4.84. The van der Waals surface area contributed by atoms with Gasteiger partial charge in [0.25, 0.3) is 5.91 Å². The Labute approximate surface area is 156 Å². The first-order chi connectivity index (χ1) is 12.0. The minimum Gasteiger partial charge on any atom is -0.360 e. The molecule has 0 radical (unpaired) electrons. The second-order valence-electron chi connectivity index (χ2n) is 6.07. The van der Waals surface area contributed by atoms with Gasteiger partial charge in [0, 0.05) is 15.7 Å². The predicted molar refractivity (Wildman–Crippen MR) is 99.3 cm³/mol. The fourth-order valence-electron chi connectivity index (χ4n) is 2.95. The molecule has 1 fully saturated rings. The maximum atomic E-state index is 13.7. The van der Waals surface area contributed by atoms with Crippen molar-refractivity contribution in [3.8, 4) is 0 Å². The van der Waals surface area contributed by atoms with Crippen molar-refractivity contribution in [1.82, 2.24) is 0 Å². The summed E-state index contributed by atoms with van der Waals surface area (Å²) >= 11 is 11.9. The number of rotatable bonds is 4. The first-order valence-electron chi connectivity index (χ1n) is 8.10. The van der Waals surface area contributed by atoms with Gasteiger partial charge in [-0.25, -0.2) is 4.39 Å². The third-order valence-corrected chi connectivity index (χ3v) is 4.73. The van der Waals surface area contributed by atoms with Crippen molar-refractivity contribution in [3.63, 3.8) is 0 Å². The lowest BCUT2D eigenvalue weighted by Crippen LogP contribution is -3.15. The van der Waals surface area contributed by atoms with Gasteiger partial charge in [-0.15, -0.1) is 0 Å². The fourth-order valence-corrected chi connectivity index (χ4v) is 3.30. The van der Waals surface area contributed by atoms with E-state index in [1.165, 1.54) is 23.1 Å². The summed E-state index contributed by atoms with van der Waals surface area (Å²) in [5.41, 5.74) is 1.21. The number of quaternary nitrogens is 1. The van der Waals surface area contributed by atoms with Crippen LogP contribution in [0, 0.1) is 5.82 Å². The zero-order chi connectivity index (χ0) is 17.8. The van der Waals surface area contributed by atoms with Crippen molar-refractivity contribution in [1.29, 1.82) is 0 Å². The first-order valence-corrected chi connectivity index (χ1v) is 8.86. The molecule has 25 heavy (non-hydrogen) atoms. The van der Waals surface area contributed by atoms with Crippen LogP contribution in [0.5, 0.6) is 0 Å². The first kappa shape index (κ1) is 18.0. The number of carbonyl (C=O) groups is 1. The Morgan fingerprint density at radius 1 is 1.12 bits per heavy atom. The van der Waals surface area contributed by atoms with Crippen LogP contribution in [0.25, 0.3) is 0 Å². The number of benzene rings is 2. The van der Waals surface area contributed by atoms with Crippen LogP contribution >= 0.6 is 23.2 Å². The molecule has 0 saturated carbocycles. The summed E-state index contributed by atoms with van der Waals surface area (Å²) < 4.78 is 13.7. The maximum Gasteiger partial charge on any atom is 0.279 e. The van der Waals surface area contributed by atoms with Crippen molar-refractivity contribution < 1.29 is 14.1 Å². The van der Waals surface area contributed by atoms with Gasteiger partial charge in [-0.1, -0.05) is 29.3 Å². The Balaban J connectivity index is 1.52. The standard InChI is InChI=1S/C18H18Cl2FN3O/c19-13-2-1-3-15(10-13)24-8-6-23(7-9-24)12-18(25)22-17-11-14(20)4-5-16(17)21/h1-5,10-11H,6-9,12H2,(H,22,25)/p+1. The lowest BCUT2D eigenvalue weighted by Gasteiger charge is -2.33. The molecule has 1 heterocycles. The van der Waals surface area contributed by atoms with Gasteiger partial charge in [0.05, 0.1) is 31.9 Å². The topological polar surface area (TPSA) is 36.8 Å². The minimum absolute atomic E-state index is 0.120. The van der Waals surface area contributed by atoms with Gasteiger partial charge in [0.2, 0.25) is 0 Å².